The lowest BCUT2D eigenvalue weighted by molar-refractivity contribution is 0.00648. The van der Waals surface area contributed by atoms with Crippen molar-refractivity contribution in [3.05, 3.63) is 42.0 Å². The first-order chi connectivity index (χ1) is 9.78. The zero-order valence-corrected chi connectivity index (χ0v) is 12.1. The van der Waals surface area contributed by atoms with Gasteiger partial charge in [-0.15, -0.1) is 0 Å². The first kappa shape index (κ1) is 14.9. The number of nitrogen functional groups attached to an aromatic ring is 1. The quantitative estimate of drug-likeness (QED) is 0.860. The number of hydrogen-bond donors (Lipinski definition) is 1. The van der Waals surface area contributed by atoms with Crippen molar-refractivity contribution in [2.24, 2.45) is 0 Å². The van der Waals surface area contributed by atoms with Crippen molar-refractivity contribution < 1.29 is 13.9 Å². The molecule has 0 amide bonds. The summed E-state index contributed by atoms with van der Waals surface area (Å²) in [5.41, 5.74) is 5.70. The van der Waals surface area contributed by atoms with Gasteiger partial charge in [-0.1, -0.05) is 6.07 Å². The summed E-state index contributed by atoms with van der Waals surface area (Å²) in [6.45, 7) is 5.16. The second kappa shape index (κ2) is 5.47. The van der Waals surface area contributed by atoms with E-state index in [1.165, 1.54) is 24.5 Å². The number of rotatable bonds is 2. The SMILES string of the molecule is CC(C)(C)OC(=O)c1ccc(-c2nccnc2N)cc1F. The average Bonchev–Trinajstić information content (AvgIpc) is 2.37. The fraction of sp³-hybridized carbons (Fsp3) is 0.267. The minimum Gasteiger partial charge on any atom is -0.456 e. The van der Waals surface area contributed by atoms with E-state index in [1.807, 2.05) is 0 Å². The lowest BCUT2D eigenvalue weighted by atomic mass is 10.1. The predicted molar refractivity (Wildman–Crippen MR) is 77.0 cm³/mol. The van der Waals surface area contributed by atoms with Crippen molar-refractivity contribution in [2.45, 2.75) is 26.4 Å². The summed E-state index contributed by atoms with van der Waals surface area (Å²) in [5.74, 6) is -1.20. The Morgan fingerprint density at radius 2 is 1.90 bits per heavy atom. The minimum absolute atomic E-state index is 0.129. The van der Waals surface area contributed by atoms with Crippen LogP contribution in [-0.2, 0) is 4.74 Å². The van der Waals surface area contributed by atoms with Crippen LogP contribution in [0.1, 0.15) is 31.1 Å². The Balaban J connectivity index is 2.34. The number of ether oxygens (including phenoxy) is 1. The van der Waals surface area contributed by atoms with Crippen LogP contribution in [0.3, 0.4) is 0 Å². The number of halogens is 1. The molecule has 0 aliphatic carbocycles. The molecule has 1 aromatic heterocycles. The van der Waals surface area contributed by atoms with E-state index < -0.39 is 17.4 Å². The monoisotopic (exact) mass is 289 g/mol. The van der Waals surface area contributed by atoms with Crippen LogP contribution >= 0.6 is 0 Å². The average molecular weight is 289 g/mol. The van der Waals surface area contributed by atoms with E-state index in [-0.39, 0.29) is 11.4 Å². The molecule has 0 unspecified atom stereocenters. The van der Waals surface area contributed by atoms with Gasteiger partial charge in [0.05, 0.1) is 5.56 Å². The smallest absolute Gasteiger partial charge is 0.341 e. The van der Waals surface area contributed by atoms with Gasteiger partial charge in [0.25, 0.3) is 0 Å². The molecule has 0 atom stereocenters. The zero-order valence-electron chi connectivity index (χ0n) is 12.1. The fourth-order valence-electron chi connectivity index (χ4n) is 1.73. The van der Waals surface area contributed by atoms with Gasteiger partial charge in [0.15, 0.2) is 0 Å². The molecule has 0 radical (unpaired) electrons. The summed E-state index contributed by atoms with van der Waals surface area (Å²) in [5, 5.41) is 0. The molecule has 0 bridgehead atoms. The molecule has 1 aromatic carbocycles. The van der Waals surface area contributed by atoms with Crippen LogP contribution in [-0.4, -0.2) is 21.5 Å². The number of esters is 1. The molecule has 2 rings (SSSR count). The summed E-state index contributed by atoms with van der Waals surface area (Å²) in [7, 11) is 0. The third-order valence-corrected chi connectivity index (χ3v) is 2.59. The van der Waals surface area contributed by atoms with Crippen LogP contribution in [0.15, 0.2) is 30.6 Å². The number of benzene rings is 1. The first-order valence-corrected chi connectivity index (χ1v) is 6.38. The van der Waals surface area contributed by atoms with Crippen LogP contribution in [0, 0.1) is 5.82 Å². The topological polar surface area (TPSA) is 78.1 Å². The molecular formula is C15H16FN3O2. The number of carbonyl (C=O) groups is 1. The normalized spacial score (nSPS) is 11.2. The van der Waals surface area contributed by atoms with Gasteiger partial charge >= 0.3 is 5.97 Å². The minimum atomic E-state index is -0.710. The summed E-state index contributed by atoms with van der Waals surface area (Å²) >= 11 is 0. The van der Waals surface area contributed by atoms with Gasteiger partial charge in [-0.3, -0.25) is 4.98 Å². The maximum Gasteiger partial charge on any atom is 0.341 e. The molecule has 2 N–H and O–H groups in total. The van der Waals surface area contributed by atoms with E-state index in [9.17, 15) is 9.18 Å². The molecule has 0 saturated carbocycles. The standard InChI is InChI=1S/C15H16FN3O2/c1-15(2,3)21-14(20)10-5-4-9(8-11(10)16)12-13(17)19-7-6-18-12/h4-8H,1-3H3,(H2,17,19). The number of nitrogens with two attached hydrogens (primary N) is 1. The Morgan fingerprint density at radius 3 is 2.48 bits per heavy atom. The molecule has 21 heavy (non-hydrogen) atoms. The van der Waals surface area contributed by atoms with E-state index in [4.69, 9.17) is 10.5 Å². The van der Waals surface area contributed by atoms with Crippen LogP contribution in [0.4, 0.5) is 10.2 Å². The molecular weight excluding hydrogens is 273 g/mol. The van der Waals surface area contributed by atoms with Crippen LogP contribution in [0.25, 0.3) is 11.3 Å². The molecule has 0 aliphatic heterocycles. The summed E-state index contributed by atoms with van der Waals surface area (Å²) in [4.78, 5) is 19.8. The molecule has 5 nitrogen and oxygen atoms in total. The predicted octanol–water partition coefficient (Wildman–Crippen LogP) is 2.82. The van der Waals surface area contributed by atoms with Crippen LogP contribution in [0.5, 0.6) is 0 Å². The van der Waals surface area contributed by atoms with Gasteiger partial charge in [0.2, 0.25) is 0 Å². The Morgan fingerprint density at radius 1 is 1.24 bits per heavy atom. The van der Waals surface area contributed by atoms with Gasteiger partial charge in [-0.05, 0) is 32.9 Å². The molecule has 6 heteroatoms. The van der Waals surface area contributed by atoms with Crippen molar-refractivity contribution in [1.82, 2.24) is 9.97 Å². The van der Waals surface area contributed by atoms with Crippen molar-refractivity contribution in [3.8, 4) is 11.3 Å². The van der Waals surface area contributed by atoms with Gasteiger partial charge < -0.3 is 10.5 Å². The molecule has 0 fully saturated rings. The van der Waals surface area contributed by atoms with Gasteiger partial charge in [-0.2, -0.15) is 0 Å². The Kier molecular flexibility index (Phi) is 3.88. The highest BCUT2D eigenvalue weighted by atomic mass is 19.1. The van der Waals surface area contributed by atoms with Gasteiger partial charge in [0, 0.05) is 18.0 Å². The second-order valence-corrected chi connectivity index (χ2v) is 5.49. The Hall–Kier alpha value is -2.50. The van der Waals surface area contributed by atoms with E-state index in [1.54, 1.807) is 26.8 Å². The molecule has 0 saturated heterocycles. The van der Waals surface area contributed by atoms with E-state index in [2.05, 4.69) is 9.97 Å². The van der Waals surface area contributed by atoms with Crippen molar-refractivity contribution in [1.29, 1.82) is 0 Å². The van der Waals surface area contributed by atoms with E-state index in [0.29, 0.717) is 11.3 Å². The molecule has 110 valence electrons. The number of nitrogens with zero attached hydrogens (tertiary/aromatic N) is 2. The van der Waals surface area contributed by atoms with Crippen molar-refractivity contribution >= 4 is 11.8 Å². The maximum atomic E-state index is 14.1. The lowest BCUT2D eigenvalue weighted by Gasteiger charge is -2.19. The second-order valence-electron chi connectivity index (χ2n) is 5.49. The lowest BCUT2D eigenvalue weighted by Crippen LogP contribution is -2.24. The number of anilines is 1. The maximum absolute atomic E-state index is 14.1. The summed E-state index contributed by atoms with van der Waals surface area (Å²) in [6.07, 6.45) is 2.91. The van der Waals surface area contributed by atoms with Crippen molar-refractivity contribution in [3.63, 3.8) is 0 Å². The largest absolute Gasteiger partial charge is 0.456 e. The molecule has 0 spiro atoms. The number of hydrogen-bond acceptors (Lipinski definition) is 5. The van der Waals surface area contributed by atoms with Gasteiger partial charge in [0.1, 0.15) is 22.9 Å². The Bertz CT molecular complexity index is 681. The number of carbonyl (C=O) groups excluding carboxylic acids is 1. The highest BCUT2D eigenvalue weighted by Gasteiger charge is 2.21. The third-order valence-electron chi connectivity index (χ3n) is 2.59. The molecule has 0 aliphatic rings. The summed E-state index contributed by atoms with van der Waals surface area (Å²) < 4.78 is 19.2. The van der Waals surface area contributed by atoms with E-state index >= 15 is 0 Å². The highest BCUT2D eigenvalue weighted by molar-refractivity contribution is 5.90. The van der Waals surface area contributed by atoms with Crippen LogP contribution in [0.2, 0.25) is 0 Å². The van der Waals surface area contributed by atoms with E-state index in [0.717, 1.165) is 0 Å². The Labute approximate surface area is 122 Å². The van der Waals surface area contributed by atoms with Crippen molar-refractivity contribution in [2.75, 3.05) is 5.73 Å². The third kappa shape index (κ3) is 3.53. The summed E-state index contributed by atoms with van der Waals surface area (Å²) in [6, 6.07) is 4.11. The zero-order chi connectivity index (χ0) is 15.6. The van der Waals surface area contributed by atoms with Gasteiger partial charge in [-0.25, -0.2) is 14.2 Å². The fourth-order valence-corrected chi connectivity index (χ4v) is 1.73. The van der Waals surface area contributed by atoms with Crippen LogP contribution < -0.4 is 5.73 Å². The molecule has 1 heterocycles. The first-order valence-electron chi connectivity index (χ1n) is 6.38. The molecule has 2 aromatic rings. The highest BCUT2D eigenvalue weighted by Crippen LogP contribution is 2.24. The number of aromatic nitrogens is 2.